The van der Waals surface area contributed by atoms with Crippen molar-refractivity contribution in [2.75, 3.05) is 7.11 Å². The maximum atomic E-state index is 13.5. The van der Waals surface area contributed by atoms with Gasteiger partial charge < -0.3 is 9.72 Å². The van der Waals surface area contributed by atoms with Crippen molar-refractivity contribution < 1.29 is 9.13 Å². The molecule has 0 aliphatic rings. The second-order valence-corrected chi connectivity index (χ2v) is 4.29. The zero-order valence-electron chi connectivity index (χ0n) is 9.91. The van der Waals surface area contributed by atoms with Crippen LogP contribution in [-0.2, 0) is 5.88 Å². The van der Waals surface area contributed by atoms with Gasteiger partial charge in [-0.1, -0.05) is 0 Å². The first-order valence-corrected chi connectivity index (χ1v) is 6.01. The van der Waals surface area contributed by atoms with Crippen molar-refractivity contribution >= 4 is 28.2 Å². The predicted octanol–water partition coefficient (Wildman–Crippen LogP) is 2.06. The highest BCUT2D eigenvalue weighted by Crippen LogP contribution is 2.26. The summed E-state index contributed by atoms with van der Waals surface area (Å²) in [6.45, 7) is 0. The van der Waals surface area contributed by atoms with E-state index in [-0.39, 0.29) is 11.4 Å². The summed E-state index contributed by atoms with van der Waals surface area (Å²) in [5.74, 6) is 0.141. The number of hydrogen-bond donors (Lipinski definition) is 1. The van der Waals surface area contributed by atoms with Crippen molar-refractivity contribution in [3.05, 3.63) is 40.1 Å². The monoisotopic (exact) mass is 281 g/mol. The Labute approximate surface area is 111 Å². The fourth-order valence-electron chi connectivity index (χ4n) is 2.08. The lowest BCUT2D eigenvalue weighted by Crippen LogP contribution is -2.12. The molecular formula is C12H9ClFN3O2. The highest BCUT2D eigenvalue weighted by Gasteiger charge is 2.13. The summed E-state index contributed by atoms with van der Waals surface area (Å²) in [7, 11) is 1.52. The second kappa shape index (κ2) is 4.24. The van der Waals surface area contributed by atoms with Crippen molar-refractivity contribution in [3.8, 4) is 5.75 Å². The molecule has 0 amide bonds. The van der Waals surface area contributed by atoms with E-state index in [4.69, 9.17) is 16.3 Å². The third-order valence-corrected chi connectivity index (χ3v) is 3.25. The molecule has 0 spiro atoms. The molecule has 0 aliphatic heterocycles. The first-order valence-electron chi connectivity index (χ1n) is 5.48. The molecule has 5 nitrogen and oxygen atoms in total. The molecule has 0 radical (unpaired) electrons. The number of fused-ring (bicyclic) bond motifs is 3. The van der Waals surface area contributed by atoms with Gasteiger partial charge >= 0.3 is 0 Å². The van der Waals surface area contributed by atoms with Crippen LogP contribution in [0.25, 0.3) is 16.6 Å². The van der Waals surface area contributed by atoms with E-state index in [2.05, 4.69) is 10.1 Å². The number of nitrogens with zero attached hydrogens (tertiary/aromatic N) is 2. The van der Waals surface area contributed by atoms with Crippen LogP contribution < -0.4 is 10.3 Å². The zero-order valence-corrected chi connectivity index (χ0v) is 10.7. The Morgan fingerprint density at radius 3 is 3.00 bits per heavy atom. The standard InChI is InChI=1S/C12H9ClFN3O2/c1-19-10-3-9-8(2-6(10)4-13)16-12(18)11-7(14)5-15-17(9)11/h2-3,5H,4H2,1H3,(H,16,18). The SMILES string of the molecule is COc1cc2c(cc1CCl)[nH]c(=O)c1c(F)cnn12. The lowest BCUT2D eigenvalue weighted by atomic mass is 10.2. The van der Waals surface area contributed by atoms with Crippen LogP contribution in [-0.4, -0.2) is 21.7 Å². The van der Waals surface area contributed by atoms with Crippen molar-refractivity contribution in [1.29, 1.82) is 0 Å². The number of halogens is 2. The van der Waals surface area contributed by atoms with E-state index in [1.165, 1.54) is 11.6 Å². The molecule has 0 fully saturated rings. The number of rotatable bonds is 2. The summed E-state index contributed by atoms with van der Waals surface area (Å²) in [5.41, 5.74) is 1.15. The highest BCUT2D eigenvalue weighted by molar-refractivity contribution is 6.17. The smallest absolute Gasteiger partial charge is 0.277 e. The van der Waals surface area contributed by atoms with Gasteiger partial charge in [0.15, 0.2) is 11.3 Å². The fraction of sp³-hybridized carbons (Fsp3) is 0.167. The number of benzene rings is 1. The molecule has 0 saturated heterocycles. The van der Waals surface area contributed by atoms with Gasteiger partial charge in [0.1, 0.15) is 5.75 Å². The number of nitrogens with one attached hydrogen (secondary N) is 1. The van der Waals surface area contributed by atoms with Crippen LogP contribution in [0.3, 0.4) is 0 Å². The summed E-state index contributed by atoms with van der Waals surface area (Å²) in [6.07, 6.45) is 1.01. The van der Waals surface area contributed by atoms with Crippen LogP contribution in [0.2, 0.25) is 0 Å². The average molecular weight is 282 g/mol. The molecule has 0 aliphatic carbocycles. The predicted molar refractivity (Wildman–Crippen MR) is 69.4 cm³/mol. The number of alkyl halides is 1. The molecule has 19 heavy (non-hydrogen) atoms. The Kier molecular flexibility index (Phi) is 2.67. The molecule has 3 rings (SSSR count). The number of aromatic nitrogens is 3. The first-order chi connectivity index (χ1) is 9.15. The van der Waals surface area contributed by atoms with Gasteiger partial charge in [0.2, 0.25) is 0 Å². The van der Waals surface area contributed by atoms with Crippen LogP contribution >= 0.6 is 11.6 Å². The highest BCUT2D eigenvalue weighted by atomic mass is 35.5. The Morgan fingerprint density at radius 2 is 2.32 bits per heavy atom. The molecule has 2 aromatic heterocycles. The van der Waals surface area contributed by atoms with Gasteiger partial charge in [-0.05, 0) is 6.07 Å². The topological polar surface area (TPSA) is 59.4 Å². The summed E-state index contributed by atoms with van der Waals surface area (Å²) < 4.78 is 20.0. The summed E-state index contributed by atoms with van der Waals surface area (Å²) in [4.78, 5) is 14.4. The van der Waals surface area contributed by atoms with Crippen LogP contribution in [0.15, 0.2) is 23.1 Å². The van der Waals surface area contributed by atoms with Crippen molar-refractivity contribution in [3.63, 3.8) is 0 Å². The van der Waals surface area contributed by atoms with Crippen LogP contribution in [0.4, 0.5) is 4.39 Å². The lowest BCUT2D eigenvalue weighted by Gasteiger charge is -2.09. The van der Waals surface area contributed by atoms with Gasteiger partial charge in [-0.2, -0.15) is 5.10 Å². The van der Waals surface area contributed by atoms with Crippen molar-refractivity contribution in [2.24, 2.45) is 0 Å². The van der Waals surface area contributed by atoms with E-state index >= 15 is 0 Å². The van der Waals surface area contributed by atoms with Crippen LogP contribution in [0.1, 0.15) is 5.56 Å². The Bertz CT molecular complexity index is 840. The molecule has 2 heterocycles. The van der Waals surface area contributed by atoms with Gasteiger partial charge in [-0.3, -0.25) is 4.79 Å². The Morgan fingerprint density at radius 1 is 1.53 bits per heavy atom. The minimum Gasteiger partial charge on any atom is -0.496 e. The van der Waals surface area contributed by atoms with E-state index in [9.17, 15) is 9.18 Å². The molecule has 0 bridgehead atoms. The van der Waals surface area contributed by atoms with Gasteiger partial charge in [0.25, 0.3) is 5.56 Å². The van der Waals surface area contributed by atoms with Crippen molar-refractivity contribution in [2.45, 2.75) is 5.88 Å². The third-order valence-electron chi connectivity index (χ3n) is 2.96. The normalized spacial score (nSPS) is 11.3. The van der Waals surface area contributed by atoms with E-state index < -0.39 is 11.4 Å². The zero-order chi connectivity index (χ0) is 13.6. The minimum atomic E-state index is -0.663. The molecular weight excluding hydrogens is 273 g/mol. The van der Waals surface area contributed by atoms with E-state index in [0.29, 0.717) is 16.8 Å². The molecule has 0 atom stereocenters. The summed E-state index contributed by atoms with van der Waals surface area (Å²) in [6, 6.07) is 3.37. The first kappa shape index (κ1) is 12.0. The Balaban J connectivity index is 2.51. The molecule has 3 aromatic rings. The van der Waals surface area contributed by atoms with E-state index in [1.807, 2.05) is 0 Å². The van der Waals surface area contributed by atoms with Gasteiger partial charge in [0.05, 0.1) is 30.2 Å². The number of ether oxygens (including phenoxy) is 1. The summed E-state index contributed by atoms with van der Waals surface area (Å²) in [5, 5.41) is 3.87. The maximum Gasteiger partial charge on any atom is 0.277 e. The van der Waals surface area contributed by atoms with Gasteiger partial charge in [0, 0.05) is 11.6 Å². The fourth-order valence-corrected chi connectivity index (χ4v) is 2.29. The minimum absolute atomic E-state index is 0.117. The molecule has 1 N–H and O–H groups in total. The van der Waals surface area contributed by atoms with Crippen LogP contribution in [0.5, 0.6) is 5.75 Å². The largest absolute Gasteiger partial charge is 0.496 e. The molecule has 1 aromatic carbocycles. The Hall–Kier alpha value is -2.08. The maximum absolute atomic E-state index is 13.5. The average Bonchev–Trinajstić information content (AvgIpc) is 2.80. The number of H-pyrrole nitrogens is 1. The van der Waals surface area contributed by atoms with Crippen LogP contribution in [0, 0.1) is 5.82 Å². The second-order valence-electron chi connectivity index (χ2n) is 4.02. The summed E-state index contributed by atoms with van der Waals surface area (Å²) >= 11 is 5.82. The molecule has 98 valence electrons. The molecule has 0 unspecified atom stereocenters. The van der Waals surface area contributed by atoms with E-state index in [1.54, 1.807) is 12.1 Å². The van der Waals surface area contributed by atoms with Gasteiger partial charge in [-0.25, -0.2) is 8.91 Å². The lowest BCUT2D eigenvalue weighted by molar-refractivity contribution is 0.411. The number of hydrogen-bond acceptors (Lipinski definition) is 3. The van der Waals surface area contributed by atoms with E-state index in [0.717, 1.165) is 11.8 Å². The molecule has 0 saturated carbocycles. The number of aromatic amines is 1. The van der Waals surface area contributed by atoms with Gasteiger partial charge in [-0.15, -0.1) is 11.6 Å². The number of methoxy groups -OCH3 is 1. The quantitative estimate of drug-likeness (QED) is 0.732. The van der Waals surface area contributed by atoms with Crippen molar-refractivity contribution in [1.82, 2.24) is 14.6 Å². The molecule has 7 heteroatoms. The third kappa shape index (κ3) is 1.67.